The third-order valence-corrected chi connectivity index (χ3v) is 4.58. The molecule has 7 nitrogen and oxygen atoms in total. The van der Waals surface area contributed by atoms with Gasteiger partial charge in [-0.25, -0.2) is 4.98 Å². The monoisotopic (exact) mass is 395 g/mol. The van der Waals surface area contributed by atoms with Gasteiger partial charge in [0.15, 0.2) is 10.9 Å². The average Bonchev–Trinajstić information content (AvgIpc) is 3.25. The molecule has 0 saturated heterocycles. The van der Waals surface area contributed by atoms with Crippen LogP contribution in [0.15, 0.2) is 66.2 Å². The summed E-state index contributed by atoms with van der Waals surface area (Å²) >= 11 is 1.22. The lowest BCUT2D eigenvalue weighted by Crippen LogP contribution is -2.46. The lowest BCUT2D eigenvalue weighted by molar-refractivity contribution is -0.118. The number of nitrogens with zero attached hydrogens (tertiary/aromatic N) is 1. The van der Waals surface area contributed by atoms with Gasteiger partial charge in [-0.05, 0) is 12.1 Å². The molecule has 0 saturated carbocycles. The summed E-state index contributed by atoms with van der Waals surface area (Å²) in [4.78, 5) is 41.2. The van der Waals surface area contributed by atoms with Crippen molar-refractivity contribution < 1.29 is 19.5 Å². The van der Waals surface area contributed by atoms with Crippen LogP contribution in [0.5, 0.6) is 0 Å². The summed E-state index contributed by atoms with van der Waals surface area (Å²) in [6.45, 7) is -0.578. The van der Waals surface area contributed by atoms with E-state index in [1.165, 1.54) is 29.7 Å². The van der Waals surface area contributed by atoms with E-state index in [0.29, 0.717) is 16.3 Å². The number of hydrogen-bond acceptors (Lipinski definition) is 6. The maximum Gasteiger partial charge on any atom is 0.252 e. The van der Waals surface area contributed by atoms with Gasteiger partial charge in [0.1, 0.15) is 6.04 Å². The molecular weight excluding hydrogens is 378 g/mol. The van der Waals surface area contributed by atoms with Crippen LogP contribution in [0.4, 0.5) is 5.13 Å². The van der Waals surface area contributed by atoms with Crippen LogP contribution in [0.3, 0.4) is 0 Å². The van der Waals surface area contributed by atoms with Crippen LogP contribution >= 0.6 is 11.3 Å². The van der Waals surface area contributed by atoms with Gasteiger partial charge in [0.25, 0.3) is 11.8 Å². The van der Waals surface area contributed by atoms with Gasteiger partial charge in [-0.15, -0.1) is 11.3 Å². The highest BCUT2D eigenvalue weighted by Gasteiger charge is 2.22. The summed E-state index contributed by atoms with van der Waals surface area (Å²) in [5.74, 6) is -1.37. The first-order chi connectivity index (χ1) is 13.6. The topological polar surface area (TPSA) is 108 Å². The molecule has 3 N–H and O–H groups in total. The maximum absolute atomic E-state index is 12.5. The van der Waals surface area contributed by atoms with Gasteiger partial charge in [-0.1, -0.05) is 42.5 Å². The molecule has 1 atom stereocenters. The molecule has 2 aromatic carbocycles. The predicted octanol–water partition coefficient (Wildman–Crippen LogP) is 2.10. The molecule has 0 radical (unpaired) electrons. The van der Waals surface area contributed by atoms with Crippen LogP contribution in [0.1, 0.15) is 26.3 Å². The Morgan fingerprint density at radius 2 is 1.71 bits per heavy atom. The summed E-state index contributed by atoms with van der Waals surface area (Å²) < 4.78 is 0. The molecule has 1 aromatic heterocycles. The second-order valence-corrected chi connectivity index (χ2v) is 6.71. The molecule has 0 aliphatic rings. The zero-order chi connectivity index (χ0) is 19.9. The number of aromatic nitrogens is 1. The highest BCUT2D eigenvalue weighted by molar-refractivity contribution is 7.13. The number of ketones is 1. The van der Waals surface area contributed by atoms with E-state index in [0.717, 1.165) is 0 Å². The average molecular weight is 395 g/mol. The quantitative estimate of drug-likeness (QED) is 0.531. The molecule has 0 aliphatic carbocycles. The SMILES string of the molecule is O=C(NC(CO)C(=O)Nc1nccs1)c1cccc(C(=O)c2ccccc2)c1. The number of hydrogen-bond donors (Lipinski definition) is 3. The van der Waals surface area contributed by atoms with E-state index < -0.39 is 24.5 Å². The number of anilines is 1. The molecule has 3 rings (SSSR count). The highest BCUT2D eigenvalue weighted by Crippen LogP contribution is 2.13. The Morgan fingerprint density at radius 1 is 1.00 bits per heavy atom. The molecule has 0 fully saturated rings. The number of aliphatic hydroxyl groups excluding tert-OH is 1. The number of carbonyl (C=O) groups excluding carboxylic acids is 3. The van der Waals surface area contributed by atoms with Crippen molar-refractivity contribution in [2.45, 2.75) is 6.04 Å². The minimum atomic E-state index is -1.15. The molecule has 142 valence electrons. The van der Waals surface area contributed by atoms with Gasteiger partial charge in [0.05, 0.1) is 6.61 Å². The fourth-order valence-corrected chi connectivity index (χ4v) is 3.00. The third kappa shape index (κ3) is 4.67. The molecule has 0 bridgehead atoms. The van der Waals surface area contributed by atoms with Crippen molar-refractivity contribution >= 4 is 34.1 Å². The Hall–Kier alpha value is -3.36. The first-order valence-electron chi connectivity index (χ1n) is 8.40. The Kier molecular flexibility index (Phi) is 6.25. The second-order valence-electron chi connectivity index (χ2n) is 5.81. The smallest absolute Gasteiger partial charge is 0.252 e. The fraction of sp³-hybridized carbons (Fsp3) is 0.100. The van der Waals surface area contributed by atoms with Gasteiger partial charge in [-0.2, -0.15) is 0 Å². The summed E-state index contributed by atoms with van der Waals surface area (Å²) in [5, 5.41) is 16.5. The zero-order valence-corrected chi connectivity index (χ0v) is 15.5. The molecule has 0 aliphatic heterocycles. The van der Waals surface area contributed by atoms with Gasteiger partial charge < -0.3 is 15.7 Å². The van der Waals surface area contributed by atoms with E-state index in [4.69, 9.17) is 0 Å². The summed E-state index contributed by atoms with van der Waals surface area (Å²) in [6, 6.07) is 13.8. The van der Waals surface area contributed by atoms with Crippen molar-refractivity contribution in [1.82, 2.24) is 10.3 Å². The Morgan fingerprint density at radius 3 is 2.39 bits per heavy atom. The summed E-state index contributed by atoms with van der Waals surface area (Å²) in [5.41, 5.74) is 1.07. The van der Waals surface area contributed by atoms with Crippen LogP contribution in [0.25, 0.3) is 0 Å². The van der Waals surface area contributed by atoms with E-state index >= 15 is 0 Å². The first-order valence-corrected chi connectivity index (χ1v) is 9.28. The van der Waals surface area contributed by atoms with Crippen molar-refractivity contribution in [1.29, 1.82) is 0 Å². The first kappa shape index (κ1) is 19.4. The number of rotatable bonds is 7. The lowest BCUT2D eigenvalue weighted by atomic mass is 10.0. The number of benzene rings is 2. The highest BCUT2D eigenvalue weighted by atomic mass is 32.1. The van der Waals surface area contributed by atoms with Crippen LogP contribution < -0.4 is 10.6 Å². The van der Waals surface area contributed by atoms with Crippen LogP contribution in [-0.4, -0.2) is 40.3 Å². The van der Waals surface area contributed by atoms with Gasteiger partial charge in [-0.3, -0.25) is 14.4 Å². The van der Waals surface area contributed by atoms with E-state index in [9.17, 15) is 19.5 Å². The fourth-order valence-electron chi connectivity index (χ4n) is 2.47. The minimum Gasteiger partial charge on any atom is -0.394 e. The lowest BCUT2D eigenvalue weighted by Gasteiger charge is -2.15. The van der Waals surface area contributed by atoms with Gasteiger partial charge in [0.2, 0.25) is 0 Å². The summed E-state index contributed by atoms with van der Waals surface area (Å²) in [6.07, 6.45) is 1.53. The molecule has 28 heavy (non-hydrogen) atoms. The Labute approximate surface area is 165 Å². The molecule has 3 aromatic rings. The van der Waals surface area contributed by atoms with Crippen molar-refractivity contribution in [3.63, 3.8) is 0 Å². The Balaban J connectivity index is 1.71. The standard InChI is InChI=1S/C20H17N3O4S/c24-12-16(19(27)23-20-21-9-10-28-20)22-18(26)15-8-4-7-14(11-15)17(25)13-5-2-1-3-6-13/h1-11,16,24H,12H2,(H,22,26)(H,21,23,27). The van der Waals surface area contributed by atoms with Crippen molar-refractivity contribution in [2.75, 3.05) is 11.9 Å². The molecule has 1 heterocycles. The van der Waals surface area contributed by atoms with Crippen LogP contribution in [0.2, 0.25) is 0 Å². The van der Waals surface area contributed by atoms with E-state index in [1.807, 2.05) is 6.07 Å². The largest absolute Gasteiger partial charge is 0.394 e. The molecule has 0 spiro atoms. The van der Waals surface area contributed by atoms with E-state index in [1.54, 1.807) is 41.8 Å². The number of nitrogens with one attached hydrogen (secondary N) is 2. The molecular formula is C20H17N3O4S. The normalized spacial score (nSPS) is 11.5. The minimum absolute atomic E-state index is 0.210. The van der Waals surface area contributed by atoms with E-state index in [2.05, 4.69) is 15.6 Å². The van der Waals surface area contributed by atoms with Gasteiger partial charge in [0, 0.05) is 28.3 Å². The molecule has 1 unspecified atom stereocenters. The summed E-state index contributed by atoms with van der Waals surface area (Å²) in [7, 11) is 0. The third-order valence-electron chi connectivity index (χ3n) is 3.89. The van der Waals surface area contributed by atoms with Crippen LogP contribution in [0, 0.1) is 0 Å². The number of carbonyl (C=O) groups is 3. The second kappa shape index (κ2) is 9.03. The number of amides is 2. The molecule has 2 amide bonds. The van der Waals surface area contributed by atoms with Crippen molar-refractivity contribution in [3.8, 4) is 0 Å². The maximum atomic E-state index is 12.5. The molecule has 8 heteroatoms. The predicted molar refractivity (Wildman–Crippen MR) is 105 cm³/mol. The number of aliphatic hydroxyl groups is 1. The van der Waals surface area contributed by atoms with Gasteiger partial charge >= 0.3 is 0 Å². The van der Waals surface area contributed by atoms with Crippen LogP contribution in [-0.2, 0) is 4.79 Å². The Bertz CT molecular complexity index is 974. The zero-order valence-electron chi connectivity index (χ0n) is 14.7. The van der Waals surface area contributed by atoms with Crippen molar-refractivity contribution in [2.24, 2.45) is 0 Å². The number of thiazole rings is 1. The van der Waals surface area contributed by atoms with Crippen molar-refractivity contribution in [3.05, 3.63) is 82.9 Å². The van der Waals surface area contributed by atoms with E-state index in [-0.39, 0.29) is 11.3 Å².